The highest BCUT2D eigenvalue weighted by atomic mass is 35.5. The maximum absolute atomic E-state index is 13.5. The van der Waals surface area contributed by atoms with Crippen LogP contribution in [0, 0.1) is 17.1 Å². The average Bonchev–Trinajstić information content (AvgIpc) is 2.72. The molecule has 0 spiro atoms. The molecule has 3 rings (SSSR count). The number of hydrogen-bond acceptors (Lipinski definition) is 5. The van der Waals surface area contributed by atoms with Crippen molar-refractivity contribution in [3.05, 3.63) is 81.9 Å². The number of nitrogens with one attached hydrogen (secondary N) is 2. The second-order valence-corrected chi connectivity index (χ2v) is 6.60. The molecule has 3 aromatic rings. The van der Waals surface area contributed by atoms with Crippen LogP contribution in [-0.2, 0) is 12.7 Å². The summed E-state index contributed by atoms with van der Waals surface area (Å²) in [5, 5.41) is 13.9. The van der Waals surface area contributed by atoms with E-state index < -0.39 is 35.1 Å². The first-order valence-electron chi connectivity index (χ1n) is 8.61. The lowest BCUT2D eigenvalue weighted by Crippen LogP contribution is -2.27. The van der Waals surface area contributed by atoms with Crippen molar-refractivity contribution in [2.45, 2.75) is 12.7 Å². The Bertz CT molecular complexity index is 1160. The standard InChI is InChI=1S/C20H12ClF4N5O/c21-16-7-14(6-3-12(16)8-26)29-19-28-10-15(17(30-19)20(23,24)25)18(31)27-9-11-1-4-13(22)5-2-11/h1-7,10H,9H2,(H,27,31)(H,28,29,30). The molecule has 0 aliphatic heterocycles. The lowest BCUT2D eigenvalue weighted by atomic mass is 10.2. The van der Waals surface area contributed by atoms with Gasteiger partial charge in [-0.3, -0.25) is 4.79 Å². The Labute approximate surface area is 178 Å². The van der Waals surface area contributed by atoms with Crippen LogP contribution in [0.3, 0.4) is 0 Å². The number of alkyl halides is 3. The number of aromatic nitrogens is 2. The summed E-state index contributed by atoms with van der Waals surface area (Å²) in [6.45, 7) is -0.111. The molecule has 6 nitrogen and oxygen atoms in total. The van der Waals surface area contributed by atoms with Crippen molar-refractivity contribution < 1.29 is 22.4 Å². The van der Waals surface area contributed by atoms with Crippen LogP contribution >= 0.6 is 11.6 Å². The van der Waals surface area contributed by atoms with Gasteiger partial charge in [0.2, 0.25) is 5.95 Å². The number of carbonyl (C=O) groups is 1. The minimum atomic E-state index is -4.93. The minimum absolute atomic E-state index is 0.0975. The second kappa shape index (κ2) is 8.97. The monoisotopic (exact) mass is 449 g/mol. The molecule has 0 radical (unpaired) electrons. The first-order chi connectivity index (χ1) is 14.7. The van der Waals surface area contributed by atoms with E-state index >= 15 is 0 Å². The highest BCUT2D eigenvalue weighted by Gasteiger charge is 2.38. The number of carbonyl (C=O) groups excluding carboxylic acids is 1. The average molecular weight is 450 g/mol. The van der Waals surface area contributed by atoms with Gasteiger partial charge in [-0.05, 0) is 35.9 Å². The van der Waals surface area contributed by atoms with Crippen molar-refractivity contribution in [2.75, 3.05) is 5.32 Å². The molecular weight excluding hydrogens is 438 g/mol. The lowest BCUT2D eigenvalue weighted by molar-refractivity contribution is -0.141. The molecule has 2 aromatic carbocycles. The molecule has 11 heteroatoms. The van der Waals surface area contributed by atoms with Crippen molar-refractivity contribution in [3.63, 3.8) is 0 Å². The Morgan fingerprint density at radius 2 is 1.87 bits per heavy atom. The zero-order chi connectivity index (χ0) is 22.6. The molecule has 1 amide bonds. The highest BCUT2D eigenvalue weighted by Crippen LogP contribution is 2.31. The summed E-state index contributed by atoms with van der Waals surface area (Å²) in [6, 6.07) is 11.1. The molecule has 0 aliphatic rings. The smallest absolute Gasteiger partial charge is 0.348 e. The van der Waals surface area contributed by atoms with Gasteiger partial charge in [-0.15, -0.1) is 0 Å². The van der Waals surface area contributed by atoms with Crippen molar-refractivity contribution in [1.82, 2.24) is 15.3 Å². The Balaban J connectivity index is 1.82. The molecule has 0 bridgehead atoms. The molecule has 31 heavy (non-hydrogen) atoms. The van der Waals surface area contributed by atoms with E-state index in [2.05, 4.69) is 20.6 Å². The summed E-state index contributed by atoms with van der Waals surface area (Å²) < 4.78 is 53.4. The van der Waals surface area contributed by atoms with Crippen LogP contribution in [-0.4, -0.2) is 15.9 Å². The van der Waals surface area contributed by atoms with Crippen molar-refractivity contribution >= 4 is 29.1 Å². The van der Waals surface area contributed by atoms with Gasteiger partial charge in [0.15, 0.2) is 5.69 Å². The van der Waals surface area contributed by atoms with E-state index in [1.54, 1.807) is 0 Å². The third kappa shape index (κ3) is 5.46. The fraction of sp³-hybridized carbons (Fsp3) is 0.100. The molecular formula is C20H12ClF4N5O. The molecule has 0 unspecified atom stereocenters. The van der Waals surface area contributed by atoms with Crippen molar-refractivity contribution in [3.8, 4) is 6.07 Å². The molecule has 0 saturated heterocycles. The highest BCUT2D eigenvalue weighted by molar-refractivity contribution is 6.32. The van der Waals surface area contributed by atoms with Gasteiger partial charge in [0, 0.05) is 18.4 Å². The molecule has 0 aliphatic carbocycles. The molecule has 2 N–H and O–H groups in total. The van der Waals surface area contributed by atoms with E-state index in [1.807, 2.05) is 6.07 Å². The third-order valence-corrected chi connectivity index (χ3v) is 4.33. The van der Waals surface area contributed by atoms with E-state index in [9.17, 15) is 22.4 Å². The Kier molecular flexibility index (Phi) is 6.36. The summed E-state index contributed by atoms with van der Waals surface area (Å²) in [7, 11) is 0. The van der Waals surface area contributed by atoms with Gasteiger partial charge in [-0.25, -0.2) is 14.4 Å². The maximum atomic E-state index is 13.5. The predicted molar refractivity (Wildman–Crippen MR) is 104 cm³/mol. The Morgan fingerprint density at radius 3 is 2.48 bits per heavy atom. The zero-order valence-corrected chi connectivity index (χ0v) is 16.2. The van der Waals surface area contributed by atoms with Gasteiger partial charge < -0.3 is 10.6 Å². The lowest BCUT2D eigenvalue weighted by Gasteiger charge is -2.14. The van der Waals surface area contributed by atoms with E-state index in [4.69, 9.17) is 16.9 Å². The predicted octanol–water partition coefficient (Wildman–Crippen LogP) is 4.83. The number of rotatable bonds is 5. The van der Waals surface area contributed by atoms with Gasteiger partial charge >= 0.3 is 6.18 Å². The van der Waals surface area contributed by atoms with Gasteiger partial charge in [-0.2, -0.15) is 18.4 Å². The van der Waals surface area contributed by atoms with E-state index in [1.165, 1.54) is 42.5 Å². The molecule has 0 atom stereocenters. The van der Waals surface area contributed by atoms with Crippen molar-refractivity contribution in [2.24, 2.45) is 0 Å². The van der Waals surface area contributed by atoms with Crippen LogP contribution < -0.4 is 10.6 Å². The van der Waals surface area contributed by atoms with Crippen LogP contribution in [0.15, 0.2) is 48.7 Å². The number of nitriles is 1. The van der Waals surface area contributed by atoms with Crippen LogP contribution in [0.1, 0.15) is 27.2 Å². The largest absolute Gasteiger partial charge is 0.434 e. The summed E-state index contributed by atoms with van der Waals surface area (Å²) >= 11 is 5.90. The number of benzene rings is 2. The maximum Gasteiger partial charge on any atom is 0.434 e. The number of hydrogen-bond donors (Lipinski definition) is 2. The van der Waals surface area contributed by atoms with Gasteiger partial charge in [0.1, 0.15) is 11.9 Å². The summed E-state index contributed by atoms with van der Waals surface area (Å²) in [5.74, 6) is -1.93. The minimum Gasteiger partial charge on any atom is -0.348 e. The first-order valence-corrected chi connectivity index (χ1v) is 8.98. The normalized spacial score (nSPS) is 11.0. The second-order valence-electron chi connectivity index (χ2n) is 6.19. The fourth-order valence-corrected chi connectivity index (χ4v) is 2.74. The van der Waals surface area contributed by atoms with Crippen LogP contribution in [0.4, 0.5) is 29.2 Å². The summed E-state index contributed by atoms with van der Waals surface area (Å²) in [6.07, 6.45) is -4.17. The quantitative estimate of drug-likeness (QED) is 0.544. The molecule has 0 saturated carbocycles. The Morgan fingerprint density at radius 1 is 1.16 bits per heavy atom. The molecule has 158 valence electrons. The van der Waals surface area contributed by atoms with E-state index in [0.717, 1.165) is 6.20 Å². The molecule has 1 aromatic heterocycles. The fourth-order valence-electron chi connectivity index (χ4n) is 2.52. The number of nitrogens with zero attached hydrogens (tertiary/aromatic N) is 3. The number of halogens is 5. The zero-order valence-electron chi connectivity index (χ0n) is 15.5. The number of amides is 1. The molecule has 0 fully saturated rings. The topological polar surface area (TPSA) is 90.7 Å². The van der Waals surface area contributed by atoms with E-state index in [-0.39, 0.29) is 22.8 Å². The van der Waals surface area contributed by atoms with Gasteiger partial charge in [0.05, 0.1) is 16.1 Å². The van der Waals surface area contributed by atoms with Crippen LogP contribution in [0.2, 0.25) is 5.02 Å². The number of anilines is 2. The SMILES string of the molecule is N#Cc1ccc(Nc2ncc(C(=O)NCc3ccc(F)cc3)c(C(F)(F)F)n2)cc1Cl. The summed E-state index contributed by atoms with van der Waals surface area (Å²) in [5.41, 5.74) is -1.25. The van der Waals surface area contributed by atoms with Gasteiger partial charge in [0.25, 0.3) is 5.91 Å². The van der Waals surface area contributed by atoms with Crippen LogP contribution in [0.5, 0.6) is 0 Å². The van der Waals surface area contributed by atoms with E-state index in [0.29, 0.717) is 5.56 Å². The molecule has 1 heterocycles. The Hall–Kier alpha value is -3.71. The van der Waals surface area contributed by atoms with Gasteiger partial charge in [-0.1, -0.05) is 23.7 Å². The van der Waals surface area contributed by atoms with Crippen molar-refractivity contribution in [1.29, 1.82) is 5.26 Å². The van der Waals surface area contributed by atoms with Crippen LogP contribution in [0.25, 0.3) is 0 Å². The first kappa shape index (κ1) is 22.0. The summed E-state index contributed by atoms with van der Waals surface area (Å²) in [4.78, 5) is 19.5. The third-order valence-electron chi connectivity index (χ3n) is 4.01.